The summed E-state index contributed by atoms with van der Waals surface area (Å²) in [6.45, 7) is 1.20. The number of hydrogen-bond acceptors (Lipinski definition) is 5. The van der Waals surface area contributed by atoms with Gasteiger partial charge < -0.3 is 20.5 Å². The fourth-order valence-electron chi connectivity index (χ4n) is 2.70. The van der Waals surface area contributed by atoms with E-state index in [9.17, 15) is 31.5 Å². The number of aliphatic hydroxyl groups is 1. The number of rotatable bonds is 7. The van der Waals surface area contributed by atoms with E-state index in [0.29, 0.717) is 19.1 Å². The number of alkyl halides is 3. The van der Waals surface area contributed by atoms with Gasteiger partial charge >= 0.3 is 12.2 Å². The molecule has 0 unspecified atom stereocenters. The molecule has 2 aromatic carbocycles. The van der Waals surface area contributed by atoms with Gasteiger partial charge in [0.1, 0.15) is 29.8 Å². The molecule has 0 aliphatic heterocycles. The monoisotopic (exact) mass is 522 g/mol. The van der Waals surface area contributed by atoms with Crippen molar-refractivity contribution in [3.63, 3.8) is 0 Å². The lowest BCUT2D eigenvalue weighted by Crippen LogP contribution is -2.41. The number of carbonyl (C=O) groups excluding carboxylic acids is 2. The molecular formula is C21H20ClF5N4O4. The molecule has 190 valence electrons. The number of aliphatic hydroxyl groups excluding tert-OH is 1. The third-order valence-corrected chi connectivity index (χ3v) is 4.87. The highest BCUT2D eigenvalue weighted by atomic mass is 35.5. The summed E-state index contributed by atoms with van der Waals surface area (Å²) in [5, 5.41) is 20.5. The zero-order chi connectivity index (χ0) is 26.5. The molecule has 0 aliphatic rings. The number of benzene rings is 2. The fourth-order valence-corrected chi connectivity index (χ4v) is 2.91. The Labute approximate surface area is 201 Å². The molecule has 0 aliphatic carbocycles. The predicted molar refractivity (Wildman–Crippen MR) is 118 cm³/mol. The second-order valence-corrected chi connectivity index (χ2v) is 7.37. The molecule has 14 heteroatoms. The van der Waals surface area contributed by atoms with Crippen molar-refractivity contribution < 1.29 is 41.4 Å². The first-order chi connectivity index (χ1) is 16.3. The summed E-state index contributed by atoms with van der Waals surface area (Å²) in [5.74, 6) is -4.74. The molecule has 0 heterocycles. The van der Waals surface area contributed by atoms with Crippen LogP contribution in [0.25, 0.3) is 0 Å². The van der Waals surface area contributed by atoms with Crippen molar-refractivity contribution in [3.05, 3.63) is 52.6 Å². The highest BCUT2D eigenvalue weighted by Gasteiger charge is 2.39. The average Bonchev–Trinajstić information content (AvgIpc) is 2.77. The normalized spacial score (nSPS) is 12.0. The summed E-state index contributed by atoms with van der Waals surface area (Å²) < 4.78 is 73.0. The number of carbonyl (C=O) groups is 2. The Bertz CT molecular complexity index is 1110. The van der Waals surface area contributed by atoms with E-state index in [-0.39, 0.29) is 11.6 Å². The summed E-state index contributed by atoms with van der Waals surface area (Å²) in [4.78, 5) is 25.8. The molecule has 0 aromatic heterocycles. The minimum Gasteiger partial charge on any atom is -0.480 e. The standard InChI is InChI=1S/C21H20ClF5N4O4/c1-3-31(17(28)9-32)20(34)29-15-8-16(35-10(2)21(25,26)27)11(7-14(15)24)19(33)30-18-12(22)5-4-6-13(18)23/h4-8,10,28,32H,3,9H2,1-2H3,(H,29,34)(H,30,33)/t10-/m0/s1. The quantitative estimate of drug-likeness (QED) is 0.232. The largest absolute Gasteiger partial charge is 0.480 e. The van der Waals surface area contributed by atoms with Crippen molar-refractivity contribution in [1.29, 1.82) is 5.41 Å². The van der Waals surface area contributed by atoms with Gasteiger partial charge in [-0.05, 0) is 32.0 Å². The van der Waals surface area contributed by atoms with Gasteiger partial charge in [0, 0.05) is 12.6 Å². The van der Waals surface area contributed by atoms with Crippen LogP contribution in [0.3, 0.4) is 0 Å². The predicted octanol–water partition coefficient (Wildman–Crippen LogP) is 5.02. The van der Waals surface area contributed by atoms with Gasteiger partial charge in [-0.3, -0.25) is 15.1 Å². The van der Waals surface area contributed by atoms with Gasteiger partial charge in [0.05, 0.1) is 22.0 Å². The minimum absolute atomic E-state index is 0.0921. The molecule has 0 saturated carbocycles. The first-order valence-electron chi connectivity index (χ1n) is 9.89. The Kier molecular flexibility index (Phi) is 8.99. The first kappa shape index (κ1) is 27.8. The van der Waals surface area contributed by atoms with E-state index in [4.69, 9.17) is 26.9 Å². The molecule has 0 fully saturated rings. The van der Waals surface area contributed by atoms with Gasteiger partial charge in [0.15, 0.2) is 6.10 Å². The van der Waals surface area contributed by atoms with Gasteiger partial charge in [-0.2, -0.15) is 13.2 Å². The van der Waals surface area contributed by atoms with Crippen LogP contribution in [0.4, 0.5) is 38.1 Å². The van der Waals surface area contributed by atoms with Crippen LogP contribution in [0.1, 0.15) is 24.2 Å². The number of halogens is 6. The number of nitrogens with zero attached hydrogens (tertiary/aromatic N) is 1. The van der Waals surface area contributed by atoms with Gasteiger partial charge in [0.2, 0.25) is 0 Å². The smallest absolute Gasteiger partial charge is 0.425 e. The van der Waals surface area contributed by atoms with E-state index in [1.807, 2.05) is 5.32 Å². The summed E-state index contributed by atoms with van der Waals surface area (Å²) in [6.07, 6.45) is -7.31. The Morgan fingerprint density at radius 1 is 1.20 bits per heavy atom. The Morgan fingerprint density at radius 3 is 2.40 bits per heavy atom. The molecule has 0 radical (unpaired) electrons. The van der Waals surface area contributed by atoms with Gasteiger partial charge in [0.25, 0.3) is 5.91 Å². The summed E-state index contributed by atoms with van der Waals surface area (Å²) in [6, 6.07) is 3.52. The Morgan fingerprint density at radius 2 is 1.86 bits per heavy atom. The topological polar surface area (TPSA) is 115 Å². The molecule has 35 heavy (non-hydrogen) atoms. The molecule has 2 rings (SSSR count). The van der Waals surface area contributed by atoms with Crippen molar-refractivity contribution in [3.8, 4) is 5.75 Å². The van der Waals surface area contributed by atoms with E-state index >= 15 is 0 Å². The maximum atomic E-state index is 14.8. The van der Waals surface area contributed by atoms with Crippen LogP contribution in [0.2, 0.25) is 5.02 Å². The number of anilines is 2. The van der Waals surface area contributed by atoms with E-state index in [1.165, 1.54) is 19.1 Å². The summed E-state index contributed by atoms with van der Waals surface area (Å²) in [5.41, 5.74) is -1.91. The maximum absolute atomic E-state index is 14.8. The number of amidine groups is 1. The van der Waals surface area contributed by atoms with Crippen LogP contribution in [-0.4, -0.2) is 53.2 Å². The van der Waals surface area contributed by atoms with Crippen molar-refractivity contribution in [1.82, 2.24) is 4.90 Å². The van der Waals surface area contributed by atoms with Crippen LogP contribution in [0.15, 0.2) is 30.3 Å². The number of ether oxygens (including phenoxy) is 1. The van der Waals surface area contributed by atoms with E-state index < -0.39 is 71.0 Å². The molecule has 4 N–H and O–H groups in total. The van der Waals surface area contributed by atoms with Crippen molar-refractivity contribution in [2.24, 2.45) is 0 Å². The second kappa shape index (κ2) is 11.3. The van der Waals surface area contributed by atoms with Crippen LogP contribution in [0, 0.1) is 17.0 Å². The van der Waals surface area contributed by atoms with Gasteiger partial charge in [-0.1, -0.05) is 17.7 Å². The Hall–Kier alpha value is -3.45. The molecule has 2 aromatic rings. The van der Waals surface area contributed by atoms with Crippen molar-refractivity contribution in [2.75, 3.05) is 23.8 Å². The van der Waals surface area contributed by atoms with E-state index in [1.54, 1.807) is 0 Å². The number of para-hydroxylation sites is 1. The number of nitrogens with one attached hydrogen (secondary N) is 3. The van der Waals surface area contributed by atoms with Crippen LogP contribution < -0.4 is 15.4 Å². The molecular weight excluding hydrogens is 503 g/mol. The highest BCUT2D eigenvalue weighted by molar-refractivity contribution is 6.34. The lowest BCUT2D eigenvalue weighted by atomic mass is 10.1. The molecule has 1 atom stereocenters. The number of urea groups is 1. The molecule has 0 spiro atoms. The zero-order valence-corrected chi connectivity index (χ0v) is 19.0. The lowest BCUT2D eigenvalue weighted by Gasteiger charge is -2.23. The first-order valence-corrected chi connectivity index (χ1v) is 10.3. The summed E-state index contributed by atoms with van der Waals surface area (Å²) in [7, 11) is 0. The molecule has 8 nitrogen and oxygen atoms in total. The van der Waals surface area contributed by atoms with Crippen LogP contribution >= 0.6 is 11.6 Å². The van der Waals surface area contributed by atoms with Crippen LogP contribution in [-0.2, 0) is 0 Å². The van der Waals surface area contributed by atoms with Gasteiger partial charge in [-0.25, -0.2) is 13.6 Å². The fraction of sp³-hybridized carbons (Fsp3) is 0.286. The van der Waals surface area contributed by atoms with Crippen LogP contribution in [0.5, 0.6) is 5.75 Å². The number of hydrogen-bond donors (Lipinski definition) is 4. The summed E-state index contributed by atoms with van der Waals surface area (Å²) >= 11 is 5.84. The minimum atomic E-state index is -4.87. The third-order valence-electron chi connectivity index (χ3n) is 4.56. The SMILES string of the molecule is CCN(C(=N)CO)C(=O)Nc1cc(O[C@@H](C)C(F)(F)F)c(C(=O)Nc2c(F)cccc2Cl)cc1F. The number of amides is 3. The van der Waals surface area contributed by atoms with Gasteiger partial charge in [-0.15, -0.1) is 0 Å². The average molecular weight is 523 g/mol. The number of likely N-dealkylation sites (N-methyl/N-ethyl adjacent to an activating group) is 1. The third kappa shape index (κ3) is 6.79. The highest BCUT2D eigenvalue weighted by Crippen LogP contribution is 2.33. The maximum Gasteiger partial charge on any atom is 0.425 e. The Balaban J connectivity index is 2.49. The second-order valence-electron chi connectivity index (χ2n) is 6.96. The molecule has 3 amide bonds. The van der Waals surface area contributed by atoms with E-state index in [0.717, 1.165) is 11.0 Å². The molecule has 0 saturated heterocycles. The van der Waals surface area contributed by atoms with E-state index in [2.05, 4.69) is 5.32 Å². The van der Waals surface area contributed by atoms with Crippen molar-refractivity contribution >= 4 is 40.7 Å². The van der Waals surface area contributed by atoms with Crippen molar-refractivity contribution in [2.45, 2.75) is 26.1 Å². The lowest BCUT2D eigenvalue weighted by molar-refractivity contribution is -0.189. The zero-order valence-electron chi connectivity index (χ0n) is 18.3. The molecule has 0 bridgehead atoms.